The number of rotatable bonds is 3. The van der Waals surface area contributed by atoms with Crippen molar-refractivity contribution in [1.29, 1.82) is 0 Å². The third kappa shape index (κ3) is 2.04. The molecule has 0 spiro atoms. The molecule has 4 heteroatoms. The zero-order valence-corrected chi connectivity index (χ0v) is 11.2. The molecular formula is C15H18N4. The number of nitrogens with zero attached hydrogens (tertiary/aromatic N) is 2. The summed E-state index contributed by atoms with van der Waals surface area (Å²) in [5.74, 6) is 0.921. The molecule has 0 aliphatic rings. The van der Waals surface area contributed by atoms with Gasteiger partial charge in [0, 0.05) is 36.0 Å². The minimum atomic E-state index is -0.0853. The normalized spacial score (nSPS) is 13.0. The van der Waals surface area contributed by atoms with E-state index in [2.05, 4.69) is 35.1 Å². The van der Waals surface area contributed by atoms with Gasteiger partial charge in [0.15, 0.2) is 0 Å². The van der Waals surface area contributed by atoms with Crippen LogP contribution in [-0.2, 0) is 13.5 Å². The smallest absolute Gasteiger partial charge is 0.125 e. The van der Waals surface area contributed by atoms with Gasteiger partial charge in [0.25, 0.3) is 0 Å². The minimum Gasteiger partial charge on any atom is -0.358 e. The van der Waals surface area contributed by atoms with Crippen LogP contribution in [0.25, 0.3) is 10.9 Å². The third-order valence-corrected chi connectivity index (χ3v) is 3.64. The molecule has 0 aliphatic carbocycles. The Morgan fingerprint density at radius 1 is 1.37 bits per heavy atom. The molecule has 2 heterocycles. The van der Waals surface area contributed by atoms with Crippen LogP contribution in [0.3, 0.4) is 0 Å². The highest BCUT2D eigenvalue weighted by Crippen LogP contribution is 2.25. The van der Waals surface area contributed by atoms with Crippen molar-refractivity contribution in [2.75, 3.05) is 0 Å². The standard InChI is InChI=1S/C15H18N4/c1-10-12(11-5-3-4-6-14(11)18-10)9-13(16)15-17-7-8-19(15)2/h3-8,13,18H,9,16H2,1-2H3. The van der Waals surface area contributed by atoms with E-state index in [0.717, 1.165) is 12.2 Å². The number of aromatic amines is 1. The SMILES string of the molecule is Cc1[nH]c2ccccc2c1CC(N)c1nccn1C. The first kappa shape index (κ1) is 12.0. The predicted molar refractivity (Wildman–Crippen MR) is 76.9 cm³/mol. The molecule has 3 N–H and O–H groups in total. The van der Waals surface area contributed by atoms with Gasteiger partial charge in [-0.25, -0.2) is 4.98 Å². The van der Waals surface area contributed by atoms with Crippen molar-refractivity contribution in [3.63, 3.8) is 0 Å². The molecule has 0 saturated heterocycles. The van der Waals surface area contributed by atoms with E-state index in [4.69, 9.17) is 5.73 Å². The van der Waals surface area contributed by atoms with Gasteiger partial charge in [-0.3, -0.25) is 0 Å². The second kappa shape index (κ2) is 4.55. The molecule has 19 heavy (non-hydrogen) atoms. The zero-order valence-electron chi connectivity index (χ0n) is 11.2. The van der Waals surface area contributed by atoms with E-state index in [0.29, 0.717) is 0 Å². The molecule has 0 amide bonds. The number of aryl methyl sites for hydroxylation is 2. The Morgan fingerprint density at radius 2 is 2.16 bits per heavy atom. The lowest BCUT2D eigenvalue weighted by atomic mass is 10.0. The van der Waals surface area contributed by atoms with E-state index in [9.17, 15) is 0 Å². The lowest BCUT2D eigenvalue weighted by molar-refractivity contribution is 0.632. The number of nitrogens with one attached hydrogen (secondary N) is 1. The topological polar surface area (TPSA) is 59.6 Å². The van der Waals surface area contributed by atoms with E-state index in [1.54, 1.807) is 6.20 Å². The maximum absolute atomic E-state index is 6.29. The minimum absolute atomic E-state index is 0.0853. The van der Waals surface area contributed by atoms with Crippen LogP contribution < -0.4 is 5.73 Å². The summed E-state index contributed by atoms with van der Waals surface area (Å²) < 4.78 is 1.98. The summed E-state index contributed by atoms with van der Waals surface area (Å²) in [4.78, 5) is 7.74. The van der Waals surface area contributed by atoms with E-state index >= 15 is 0 Å². The fraction of sp³-hybridized carbons (Fsp3) is 0.267. The highest BCUT2D eigenvalue weighted by atomic mass is 15.1. The summed E-state index contributed by atoms with van der Waals surface area (Å²) in [7, 11) is 1.98. The largest absolute Gasteiger partial charge is 0.358 e. The van der Waals surface area contributed by atoms with Crippen molar-refractivity contribution in [3.05, 3.63) is 53.7 Å². The molecule has 0 fully saturated rings. The number of nitrogens with two attached hydrogens (primary N) is 1. The van der Waals surface area contributed by atoms with Gasteiger partial charge in [0.1, 0.15) is 5.82 Å². The summed E-state index contributed by atoms with van der Waals surface area (Å²) in [5, 5.41) is 1.25. The fourth-order valence-corrected chi connectivity index (χ4v) is 2.64. The van der Waals surface area contributed by atoms with Gasteiger partial charge >= 0.3 is 0 Å². The molecule has 3 rings (SSSR count). The summed E-state index contributed by atoms with van der Waals surface area (Å²) in [5.41, 5.74) is 9.93. The van der Waals surface area contributed by atoms with Gasteiger partial charge in [-0.15, -0.1) is 0 Å². The first-order valence-corrected chi connectivity index (χ1v) is 6.46. The van der Waals surface area contributed by atoms with E-state index in [-0.39, 0.29) is 6.04 Å². The molecule has 1 aromatic carbocycles. The molecule has 1 atom stereocenters. The molecular weight excluding hydrogens is 236 g/mol. The maximum atomic E-state index is 6.29. The second-order valence-electron chi connectivity index (χ2n) is 4.98. The number of para-hydroxylation sites is 1. The van der Waals surface area contributed by atoms with Gasteiger partial charge < -0.3 is 15.3 Å². The number of imidazole rings is 1. The third-order valence-electron chi connectivity index (χ3n) is 3.64. The Balaban J connectivity index is 1.97. The quantitative estimate of drug-likeness (QED) is 0.754. The number of hydrogen-bond acceptors (Lipinski definition) is 2. The first-order chi connectivity index (χ1) is 9.16. The zero-order chi connectivity index (χ0) is 13.4. The Labute approximate surface area is 112 Å². The number of aromatic nitrogens is 3. The van der Waals surface area contributed by atoms with E-state index in [1.807, 2.05) is 23.9 Å². The molecule has 0 radical (unpaired) electrons. The number of benzene rings is 1. The molecule has 1 unspecified atom stereocenters. The monoisotopic (exact) mass is 254 g/mol. The lowest BCUT2D eigenvalue weighted by Crippen LogP contribution is -2.18. The maximum Gasteiger partial charge on any atom is 0.125 e. The summed E-state index contributed by atoms with van der Waals surface area (Å²) in [6.45, 7) is 2.10. The molecule has 98 valence electrons. The fourth-order valence-electron chi connectivity index (χ4n) is 2.64. The molecule has 0 saturated carbocycles. The van der Waals surface area contributed by atoms with Gasteiger partial charge in [-0.2, -0.15) is 0 Å². The first-order valence-electron chi connectivity index (χ1n) is 6.46. The number of hydrogen-bond donors (Lipinski definition) is 2. The van der Waals surface area contributed by atoms with Crippen LogP contribution in [-0.4, -0.2) is 14.5 Å². The van der Waals surface area contributed by atoms with Crippen LogP contribution in [0.5, 0.6) is 0 Å². The number of fused-ring (bicyclic) bond motifs is 1. The Morgan fingerprint density at radius 3 is 2.89 bits per heavy atom. The van der Waals surface area contributed by atoms with Crippen molar-refractivity contribution in [3.8, 4) is 0 Å². The van der Waals surface area contributed by atoms with Gasteiger partial charge in [0.05, 0.1) is 6.04 Å². The van der Waals surface area contributed by atoms with Crippen LogP contribution >= 0.6 is 0 Å². The lowest BCUT2D eigenvalue weighted by Gasteiger charge is -2.11. The van der Waals surface area contributed by atoms with Crippen molar-refractivity contribution >= 4 is 10.9 Å². The van der Waals surface area contributed by atoms with Crippen LogP contribution in [0, 0.1) is 6.92 Å². The van der Waals surface area contributed by atoms with Crippen LogP contribution in [0.4, 0.5) is 0 Å². The number of H-pyrrole nitrogens is 1. The Kier molecular flexibility index (Phi) is 2.87. The summed E-state index contributed by atoms with van der Waals surface area (Å²) in [6.07, 6.45) is 4.51. The van der Waals surface area contributed by atoms with Gasteiger partial charge in [-0.05, 0) is 25.0 Å². The van der Waals surface area contributed by atoms with Gasteiger partial charge in [0.2, 0.25) is 0 Å². The average molecular weight is 254 g/mol. The molecule has 2 aromatic heterocycles. The molecule has 3 aromatic rings. The Hall–Kier alpha value is -2.07. The van der Waals surface area contributed by atoms with Crippen molar-refractivity contribution in [2.45, 2.75) is 19.4 Å². The van der Waals surface area contributed by atoms with Crippen LogP contribution in [0.2, 0.25) is 0 Å². The van der Waals surface area contributed by atoms with Gasteiger partial charge in [-0.1, -0.05) is 18.2 Å². The van der Waals surface area contributed by atoms with Crippen LogP contribution in [0.1, 0.15) is 23.1 Å². The van der Waals surface area contributed by atoms with Crippen LogP contribution in [0.15, 0.2) is 36.7 Å². The van der Waals surface area contributed by atoms with E-state index < -0.39 is 0 Å². The second-order valence-corrected chi connectivity index (χ2v) is 4.98. The predicted octanol–water partition coefficient (Wildman–Crippen LogP) is 2.45. The van der Waals surface area contributed by atoms with Crippen molar-refractivity contribution < 1.29 is 0 Å². The Bertz CT molecular complexity index is 708. The highest BCUT2D eigenvalue weighted by Gasteiger charge is 2.16. The summed E-state index contributed by atoms with van der Waals surface area (Å²) in [6, 6.07) is 8.25. The van der Waals surface area contributed by atoms with E-state index in [1.165, 1.54) is 22.2 Å². The van der Waals surface area contributed by atoms with Crippen molar-refractivity contribution in [1.82, 2.24) is 14.5 Å². The van der Waals surface area contributed by atoms with Crippen molar-refractivity contribution in [2.24, 2.45) is 12.8 Å². The molecule has 0 bridgehead atoms. The molecule has 4 nitrogen and oxygen atoms in total. The molecule has 0 aliphatic heterocycles. The highest BCUT2D eigenvalue weighted by molar-refractivity contribution is 5.84. The summed E-state index contributed by atoms with van der Waals surface area (Å²) >= 11 is 0. The average Bonchev–Trinajstić information content (AvgIpc) is 2.94.